The number of hydrogen-bond acceptors (Lipinski definition) is 6. The zero-order valence-electron chi connectivity index (χ0n) is 24.3. The summed E-state index contributed by atoms with van der Waals surface area (Å²) >= 11 is 12.6. The second-order valence-corrected chi connectivity index (χ2v) is 15.1. The summed E-state index contributed by atoms with van der Waals surface area (Å²) in [6, 6.07) is 26.7. The third kappa shape index (κ3) is 6.87. The molecule has 0 bridgehead atoms. The summed E-state index contributed by atoms with van der Waals surface area (Å²) in [4.78, 5) is 16.8. The molecular weight excluding hydrogens is 667 g/mol. The highest BCUT2D eigenvalue weighted by Gasteiger charge is 2.33. The molecule has 4 aromatic carbocycles. The summed E-state index contributed by atoms with van der Waals surface area (Å²) < 4.78 is 53.4. The number of carbonyl (C=O) groups excluding carboxylic acids is 1. The van der Waals surface area contributed by atoms with Gasteiger partial charge in [0.1, 0.15) is 12.4 Å². The fourth-order valence-corrected chi connectivity index (χ4v) is 7.34. The van der Waals surface area contributed by atoms with Crippen molar-refractivity contribution < 1.29 is 21.6 Å². The Morgan fingerprint density at radius 1 is 0.913 bits per heavy atom. The first-order chi connectivity index (χ1) is 21.9. The molecule has 0 spiro atoms. The van der Waals surface area contributed by atoms with Gasteiger partial charge in [0.25, 0.3) is 5.91 Å². The van der Waals surface area contributed by atoms with Crippen molar-refractivity contribution in [3.05, 3.63) is 124 Å². The highest BCUT2D eigenvalue weighted by atomic mass is 35.5. The third-order valence-corrected chi connectivity index (χ3v) is 10.4. The van der Waals surface area contributed by atoms with E-state index in [9.17, 15) is 21.6 Å². The summed E-state index contributed by atoms with van der Waals surface area (Å²) in [5.74, 6) is 0.0649. The second kappa shape index (κ2) is 12.4. The minimum absolute atomic E-state index is 0.264. The van der Waals surface area contributed by atoms with Crippen molar-refractivity contribution in [2.24, 2.45) is 0 Å². The molecule has 1 fully saturated rings. The monoisotopic (exact) mass is 692 g/mol. The molecule has 0 atom stereocenters. The van der Waals surface area contributed by atoms with Crippen molar-refractivity contribution in [1.29, 1.82) is 0 Å². The Hall–Kier alpha value is -4.42. The average Bonchev–Trinajstić information content (AvgIpc) is 3.54. The number of anilines is 1. The Bertz CT molecular complexity index is 2220. The number of halogens is 2. The first kappa shape index (κ1) is 31.6. The molecule has 234 valence electrons. The topological polar surface area (TPSA) is 118 Å². The van der Waals surface area contributed by atoms with Crippen LogP contribution in [0.25, 0.3) is 34.5 Å². The van der Waals surface area contributed by atoms with Crippen LogP contribution in [0.1, 0.15) is 17.0 Å². The lowest BCUT2D eigenvalue weighted by Crippen LogP contribution is -2.29. The number of sulfone groups is 1. The minimum atomic E-state index is -3.90. The van der Waals surface area contributed by atoms with Gasteiger partial charge in [0, 0.05) is 29.6 Å². The maximum Gasteiger partial charge on any atom is 0.326 e. The molecule has 46 heavy (non-hydrogen) atoms. The van der Waals surface area contributed by atoms with Crippen LogP contribution in [0, 0.1) is 0 Å². The van der Waals surface area contributed by atoms with E-state index in [1.807, 2.05) is 64.0 Å². The van der Waals surface area contributed by atoms with Crippen molar-refractivity contribution in [3.63, 3.8) is 0 Å². The van der Waals surface area contributed by atoms with Crippen LogP contribution in [0.2, 0.25) is 10.0 Å². The van der Waals surface area contributed by atoms with E-state index in [-0.39, 0.29) is 11.4 Å². The van der Waals surface area contributed by atoms with Crippen LogP contribution >= 0.6 is 23.2 Å². The third-order valence-electron chi connectivity index (χ3n) is 7.34. The summed E-state index contributed by atoms with van der Waals surface area (Å²) in [5.41, 5.74) is 5.21. The van der Waals surface area contributed by atoms with Crippen LogP contribution in [0.15, 0.2) is 102 Å². The number of hydrogen-bond donors (Lipinski definition) is 1. The number of nitrogens with one attached hydrogen (secondary N) is 1. The lowest BCUT2D eigenvalue weighted by Gasteiger charge is -2.15. The lowest BCUT2D eigenvalue weighted by molar-refractivity contribution is -0.117. The fraction of sp³-hybridized carbons (Fsp3) is 0.0909. The number of nitrogens with zero attached hydrogens (tertiary/aromatic N) is 3. The predicted octanol–water partition coefficient (Wildman–Crippen LogP) is 6.33. The minimum Gasteiger partial charge on any atom is -0.326 e. The standard InChI is InChI=1S/C33H26Cl2N4O5S2/c1-45(41,42)28-4-2-3-25(17-28)24-10-5-22(6-11-24)9-16-32-36-31(29-15-12-26(34)18-30(29)35)20-38(32)19-23-7-13-27(14-8-23)39-21-33(40)37-46(39,43)44/h2-18,20H,19,21H2,1H3,(H,37,40). The largest absolute Gasteiger partial charge is 0.326 e. The number of amides is 1. The molecule has 1 N–H and O–H groups in total. The SMILES string of the molecule is CS(=O)(=O)c1cccc(-c2ccc(C=Cc3nc(-c4ccc(Cl)cc4Cl)cn3Cc3ccc(N4CC(=O)NS4(=O)=O)cc3)cc2)c1. The van der Waals surface area contributed by atoms with Crippen molar-refractivity contribution in [3.8, 4) is 22.4 Å². The van der Waals surface area contributed by atoms with Crippen molar-refractivity contribution in [2.75, 3.05) is 17.1 Å². The maximum atomic E-state index is 12.2. The van der Waals surface area contributed by atoms with Gasteiger partial charge in [-0.25, -0.2) is 22.4 Å². The van der Waals surface area contributed by atoms with E-state index in [0.717, 1.165) is 26.6 Å². The molecular formula is C33H26Cl2N4O5S2. The van der Waals surface area contributed by atoms with E-state index in [0.29, 0.717) is 39.4 Å². The summed E-state index contributed by atoms with van der Waals surface area (Å²) in [7, 11) is -7.22. The smallest absolute Gasteiger partial charge is 0.326 e. The number of imidazole rings is 1. The van der Waals surface area contributed by atoms with E-state index in [1.54, 1.807) is 54.6 Å². The van der Waals surface area contributed by atoms with Gasteiger partial charge in [-0.2, -0.15) is 8.42 Å². The molecule has 1 aromatic heterocycles. The first-order valence-electron chi connectivity index (χ1n) is 13.9. The van der Waals surface area contributed by atoms with Crippen LogP contribution < -0.4 is 9.03 Å². The fourth-order valence-electron chi connectivity index (χ4n) is 5.02. The highest BCUT2D eigenvalue weighted by Crippen LogP contribution is 2.31. The lowest BCUT2D eigenvalue weighted by atomic mass is 10.0. The van der Waals surface area contributed by atoms with Gasteiger partial charge in [-0.05, 0) is 70.8 Å². The molecule has 5 aromatic rings. The van der Waals surface area contributed by atoms with E-state index in [2.05, 4.69) is 0 Å². The van der Waals surface area contributed by atoms with Crippen LogP contribution in [-0.2, 0) is 31.4 Å². The summed E-state index contributed by atoms with van der Waals surface area (Å²) in [6.45, 7) is 0.148. The molecule has 1 saturated heterocycles. The Kier molecular flexibility index (Phi) is 8.51. The van der Waals surface area contributed by atoms with Gasteiger partial charge in [-0.1, -0.05) is 77.8 Å². The van der Waals surface area contributed by atoms with Crippen LogP contribution in [0.4, 0.5) is 5.69 Å². The molecule has 1 amide bonds. The van der Waals surface area contributed by atoms with Gasteiger partial charge in [0.15, 0.2) is 9.84 Å². The normalized spacial score (nSPS) is 14.6. The molecule has 9 nitrogen and oxygen atoms in total. The Balaban J connectivity index is 1.29. The first-order valence-corrected chi connectivity index (χ1v) is 18.0. The van der Waals surface area contributed by atoms with Crippen molar-refractivity contribution in [2.45, 2.75) is 11.4 Å². The van der Waals surface area contributed by atoms with E-state index < -0.39 is 26.0 Å². The molecule has 13 heteroatoms. The Labute approximate surface area is 276 Å². The second-order valence-electron chi connectivity index (χ2n) is 10.7. The van der Waals surface area contributed by atoms with Crippen molar-refractivity contribution >= 4 is 67.0 Å². The van der Waals surface area contributed by atoms with Crippen LogP contribution in [-0.4, -0.2) is 45.1 Å². The van der Waals surface area contributed by atoms with E-state index in [1.165, 1.54) is 6.26 Å². The Morgan fingerprint density at radius 2 is 1.65 bits per heavy atom. The number of aromatic nitrogens is 2. The van der Waals surface area contributed by atoms with E-state index in [4.69, 9.17) is 28.2 Å². The van der Waals surface area contributed by atoms with Gasteiger partial charge in [0.2, 0.25) is 0 Å². The van der Waals surface area contributed by atoms with E-state index >= 15 is 0 Å². The number of rotatable bonds is 8. The van der Waals surface area contributed by atoms with Gasteiger partial charge in [-0.3, -0.25) is 4.79 Å². The molecule has 2 heterocycles. The molecule has 1 aliphatic rings. The highest BCUT2D eigenvalue weighted by molar-refractivity contribution is 7.92. The van der Waals surface area contributed by atoms with Gasteiger partial charge in [-0.15, -0.1) is 0 Å². The van der Waals surface area contributed by atoms with Gasteiger partial charge >= 0.3 is 10.2 Å². The van der Waals surface area contributed by atoms with Gasteiger partial charge < -0.3 is 4.57 Å². The predicted molar refractivity (Wildman–Crippen MR) is 182 cm³/mol. The average molecular weight is 694 g/mol. The van der Waals surface area contributed by atoms with Crippen LogP contribution in [0.5, 0.6) is 0 Å². The molecule has 0 unspecified atom stereocenters. The number of benzene rings is 4. The zero-order valence-corrected chi connectivity index (χ0v) is 27.4. The van der Waals surface area contributed by atoms with Gasteiger partial charge in [0.05, 0.1) is 21.3 Å². The summed E-state index contributed by atoms with van der Waals surface area (Å²) in [5, 5.41) is 0.972. The zero-order chi connectivity index (χ0) is 32.6. The molecule has 0 saturated carbocycles. The molecule has 1 aliphatic heterocycles. The quantitative estimate of drug-likeness (QED) is 0.203. The Morgan fingerprint density at radius 3 is 2.30 bits per heavy atom. The number of carbonyl (C=O) groups is 1. The van der Waals surface area contributed by atoms with Crippen LogP contribution in [0.3, 0.4) is 0 Å². The van der Waals surface area contributed by atoms with Crippen molar-refractivity contribution in [1.82, 2.24) is 14.3 Å². The maximum absolute atomic E-state index is 12.2. The molecule has 0 aliphatic carbocycles. The molecule has 6 rings (SSSR count). The molecule has 0 radical (unpaired) electrons. The summed E-state index contributed by atoms with van der Waals surface area (Å²) in [6.07, 6.45) is 6.88.